The lowest BCUT2D eigenvalue weighted by Gasteiger charge is -2.28. The smallest absolute Gasteiger partial charge is 0.200 e. The summed E-state index contributed by atoms with van der Waals surface area (Å²) in [6.45, 7) is 0. The summed E-state index contributed by atoms with van der Waals surface area (Å²) >= 11 is 0. The van der Waals surface area contributed by atoms with E-state index in [1.165, 1.54) is 26.4 Å². The molecule has 40 heavy (non-hydrogen) atoms. The molecule has 3 heterocycles. The van der Waals surface area contributed by atoms with Gasteiger partial charge in [-0.3, -0.25) is 4.79 Å². The molecule has 1 atom stereocenters. The second-order valence-electron chi connectivity index (χ2n) is 9.89. The Morgan fingerprint density at radius 3 is 2.48 bits per heavy atom. The van der Waals surface area contributed by atoms with Crippen LogP contribution in [0.25, 0.3) is 27.8 Å². The molecule has 0 amide bonds. The first-order valence-corrected chi connectivity index (χ1v) is 12.9. The maximum Gasteiger partial charge on any atom is 0.200 e. The van der Waals surface area contributed by atoms with Gasteiger partial charge in [-0.2, -0.15) is 5.10 Å². The molecule has 1 aliphatic heterocycles. The lowest BCUT2D eigenvalue weighted by molar-refractivity contribution is -0.115. The molecule has 3 aromatic carbocycles. The van der Waals surface area contributed by atoms with Crippen molar-refractivity contribution in [1.82, 2.24) is 14.8 Å². The number of allylic oxidation sites excluding steroid dienone is 2. The topological polar surface area (TPSA) is 101 Å². The number of phenolic OH excluding ortho intramolecular Hbond substituents is 1. The number of hydrogen-bond donors (Lipinski definition) is 3. The number of phenols is 1. The van der Waals surface area contributed by atoms with E-state index in [2.05, 4.69) is 10.3 Å². The number of rotatable bonds is 5. The number of benzene rings is 3. The second-order valence-corrected chi connectivity index (χ2v) is 9.89. The van der Waals surface area contributed by atoms with Crippen molar-refractivity contribution < 1.29 is 23.8 Å². The van der Waals surface area contributed by atoms with E-state index in [1.54, 1.807) is 28.9 Å². The predicted octanol–water partition coefficient (Wildman–Crippen LogP) is 6.06. The molecule has 9 heteroatoms. The summed E-state index contributed by atoms with van der Waals surface area (Å²) in [6.07, 6.45) is 2.86. The van der Waals surface area contributed by atoms with Gasteiger partial charge in [-0.1, -0.05) is 18.2 Å². The first-order chi connectivity index (χ1) is 19.5. The number of fused-ring (bicyclic) bond motifs is 2. The maximum atomic E-state index is 13.9. The van der Waals surface area contributed by atoms with E-state index < -0.39 is 5.92 Å². The number of aromatic nitrogens is 3. The molecular weight excluding hydrogens is 511 g/mol. The van der Waals surface area contributed by atoms with Crippen molar-refractivity contribution in [3.63, 3.8) is 0 Å². The standard InChI is InChI=1S/C31H25FN4O4/c1-39-24-13-16(14-25(40-2)30(24)38)26-27-22(11-12-23(27)37)34-31-28(26)29(20-15-33-21-6-4-3-5-19(20)21)35-36(31)18-9-7-17(32)8-10-18/h3-10,13-15,26,33-34,38H,11-12H2,1-2H3. The molecule has 200 valence electrons. The number of nitrogens with one attached hydrogen (secondary N) is 2. The van der Waals surface area contributed by atoms with Gasteiger partial charge >= 0.3 is 0 Å². The van der Waals surface area contributed by atoms with E-state index in [1.807, 2.05) is 30.5 Å². The minimum absolute atomic E-state index is 0.0450. The Labute approximate surface area is 228 Å². The number of Topliss-reactive ketones (excluding diaryl/α,β-unsaturated/α-hetero) is 1. The van der Waals surface area contributed by atoms with Gasteiger partial charge in [0.25, 0.3) is 0 Å². The third-order valence-electron chi connectivity index (χ3n) is 7.75. The third-order valence-corrected chi connectivity index (χ3v) is 7.75. The lowest BCUT2D eigenvalue weighted by Crippen LogP contribution is -2.20. The molecule has 0 bridgehead atoms. The number of anilines is 1. The largest absolute Gasteiger partial charge is 0.502 e. The fourth-order valence-electron chi connectivity index (χ4n) is 5.90. The molecule has 0 saturated heterocycles. The van der Waals surface area contributed by atoms with Crippen molar-refractivity contribution in [3.05, 3.63) is 95.1 Å². The van der Waals surface area contributed by atoms with Gasteiger partial charge < -0.3 is 24.9 Å². The molecule has 0 fully saturated rings. The summed E-state index contributed by atoms with van der Waals surface area (Å²) < 4.78 is 26.6. The summed E-state index contributed by atoms with van der Waals surface area (Å²) in [4.78, 5) is 16.7. The molecule has 7 rings (SSSR count). The van der Waals surface area contributed by atoms with Crippen LogP contribution in [0.1, 0.15) is 29.9 Å². The van der Waals surface area contributed by atoms with Crippen LogP contribution < -0.4 is 14.8 Å². The van der Waals surface area contributed by atoms with Crippen LogP contribution in [0.2, 0.25) is 0 Å². The fraction of sp³-hybridized carbons (Fsp3) is 0.161. The van der Waals surface area contributed by atoms with Crippen LogP contribution in [-0.2, 0) is 4.79 Å². The van der Waals surface area contributed by atoms with E-state index in [0.29, 0.717) is 35.6 Å². The second kappa shape index (κ2) is 9.01. The predicted molar refractivity (Wildman–Crippen MR) is 149 cm³/mol. The molecule has 8 nitrogen and oxygen atoms in total. The van der Waals surface area contributed by atoms with Gasteiger partial charge in [0.1, 0.15) is 17.3 Å². The van der Waals surface area contributed by atoms with Crippen molar-refractivity contribution in [1.29, 1.82) is 0 Å². The Morgan fingerprint density at radius 1 is 1.02 bits per heavy atom. The highest BCUT2D eigenvalue weighted by atomic mass is 19.1. The highest BCUT2D eigenvalue weighted by molar-refractivity contribution is 6.04. The van der Waals surface area contributed by atoms with Crippen LogP contribution in [0.3, 0.4) is 0 Å². The minimum atomic E-state index is -0.525. The molecule has 5 aromatic rings. The molecule has 0 radical (unpaired) electrons. The molecule has 3 N–H and O–H groups in total. The van der Waals surface area contributed by atoms with Gasteiger partial charge in [-0.25, -0.2) is 9.07 Å². The van der Waals surface area contributed by atoms with Gasteiger partial charge in [0.2, 0.25) is 5.75 Å². The number of aromatic amines is 1. The number of halogens is 1. The number of hydrogen-bond acceptors (Lipinski definition) is 6. The number of carbonyl (C=O) groups excluding carboxylic acids is 1. The van der Waals surface area contributed by atoms with Crippen molar-refractivity contribution in [3.8, 4) is 34.2 Å². The van der Waals surface area contributed by atoms with Gasteiger partial charge in [0, 0.05) is 51.8 Å². The molecule has 2 aliphatic rings. The quantitative estimate of drug-likeness (QED) is 0.253. The van der Waals surface area contributed by atoms with Gasteiger partial charge in [-0.15, -0.1) is 0 Å². The highest BCUT2D eigenvalue weighted by Crippen LogP contribution is 2.52. The third kappa shape index (κ3) is 3.51. The summed E-state index contributed by atoms with van der Waals surface area (Å²) in [6, 6.07) is 17.6. The summed E-state index contributed by atoms with van der Waals surface area (Å²) in [7, 11) is 2.95. The Morgan fingerprint density at radius 2 is 1.75 bits per heavy atom. The average Bonchev–Trinajstić information content (AvgIpc) is 3.68. The number of ketones is 1. The van der Waals surface area contributed by atoms with E-state index in [-0.39, 0.29) is 28.8 Å². The van der Waals surface area contributed by atoms with Crippen LogP contribution in [0.5, 0.6) is 17.2 Å². The first kappa shape index (κ1) is 24.0. The number of methoxy groups -OCH3 is 2. The van der Waals surface area contributed by atoms with Crippen LogP contribution in [0.15, 0.2) is 78.1 Å². The molecule has 1 unspecified atom stereocenters. The number of nitrogens with zero attached hydrogens (tertiary/aromatic N) is 2. The molecule has 1 aliphatic carbocycles. The van der Waals surface area contributed by atoms with Crippen LogP contribution in [0, 0.1) is 5.82 Å². The summed E-state index contributed by atoms with van der Waals surface area (Å²) in [5.74, 6) is 0.224. The van der Waals surface area contributed by atoms with Crippen molar-refractivity contribution in [2.45, 2.75) is 18.8 Å². The Hall–Kier alpha value is -5.05. The van der Waals surface area contributed by atoms with E-state index in [4.69, 9.17) is 14.6 Å². The zero-order valence-corrected chi connectivity index (χ0v) is 21.8. The van der Waals surface area contributed by atoms with Gasteiger partial charge in [0.05, 0.1) is 19.9 Å². The van der Waals surface area contributed by atoms with E-state index in [0.717, 1.165) is 33.3 Å². The minimum Gasteiger partial charge on any atom is -0.502 e. The number of aromatic hydroxyl groups is 1. The normalized spacial score (nSPS) is 16.2. The first-order valence-electron chi connectivity index (χ1n) is 12.9. The van der Waals surface area contributed by atoms with Crippen LogP contribution in [-0.4, -0.2) is 39.9 Å². The molecular formula is C31H25FN4O4. The highest BCUT2D eigenvalue weighted by Gasteiger charge is 2.42. The van der Waals surface area contributed by atoms with Gasteiger partial charge in [0.15, 0.2) is 17.3 Å². The van der Waals surface area contributed by atoms with E-state index >= 15 is 0 Å². The zero-order valence-electron chi connectivity index (χ0n) is 21.8. The lowest BCUT2D eigenvalue weighted by atomic mass is 9.80. The Balaban J connectivity index is 1.56. The number of ether oxygens (including phenoxy) is 2. The number of para-hydroxylation sites is 1. The van der Waals surface area contributed by atoms with Crippen LogP contribution in [0.4, 0.5) is 10.2 Å². The molecule has 0 spiro atoms. The van der Waals surface area contributed by atoms with E-state index in [9.17, 15) is 14.3 Å². The Kier molecular flexibility index (Phi) is 5.41. The zero-order chi connectivity index (χ0) is 27.5. The fourth-order valence-corrected chi connectivity index (χ4v) is 5.90. The maximum absolute atomic E-state index is 13.9. The molecule has 2 aromatic heterocycles. The summed E-state index contributed by atoms with van der Waals surface area (Å²) in [5, 5.41) is 20.2. The molecule has 0 saturated carbocycles. The number of H-pyrrole nitrogens is 1. The van der Waals surface area contributed by atoms with Crippen molar-refractivity contribution in [2.24, 2.45) is 0 Å². The monoisotopic (exact) mass is 536 g/mol. The van der Waals surface area contributed by atoms with Crippen molar-refractivity contribution in [2.75, 3.05) is 19.5 Å². The summed E-state index contributed by atoms with van der Waals surface area (Å²) in [5.41, 5.74) is 6.15. The SMILES string of the molecule is COc1cc(C2C3=C(CCC3=O)Nc3c2c(-c2c[nH]c4ccccc24)nn3-c2ccc(F)cc2)cc(OC)c1O. The Bertz CT molecular complexity index is 1830. The average molecular weight is 537 g/mol. The van der Waals surface area contributed by atoms with Crippen LogP contribution >= 0.6 is 0 Å². The van der Waals surface area contributed by atoms with Crippen molar-refractivity contribution >= 4 is 22.5 Å². The van der Waals surface area contributed by atoms with Gasteiger partial charge in [-0.05, 0) is 54.4 Å². The number of carbonyl (C=O) groups is 1.